The monoisotopic (exact) mass is 379 g/mol. The van der Waals surface area contributed by atoms with Crippen LogP contribution < -0.4 is 15.9 Å². The minimum absolute atomic E-state index is 0.186. The average molecular weight is 380 g/mol. The van der Waals surface area contributed by atoms with Gasteiger partial charge in [0.25, 0.3) is 0 Å². The number of hydrazone groups is 1. The van der Waals surface area contributed by atoms with Crippen LogP contribution in [0, 0.1) is 0 Å². The highest BCUT2D eigenvalue weighted by atomic mass is 35.5. The third-order valence-electron chi connectivity index (χ3n) is 3.35. The van der Waals surface area contributed by atoms with Crippen LogP contribution >= 0.6 is 23.2 Å². The number of nitrogens with two attached hydrogens (primary N) is 1. The minimum Gasteiger partial charge on any atom is -0.492 e. The Morgan fingerprint density at radius 3 is 2.76 bits per heavy atom. The van der Waals surface area contributed by atoms with E-state index in [0.717, 1.165) is 5.56 Å². The molecule has 2 aromatic carbocycles. The summed E-state index contributed by atoms with van der Waals surface area (Å²) in [4.78, 5) is 11.8. The van der Waals surface area contributed by atoms with Gasteiger partial charge < -0.3 is 10.5 Å². The van der Waals surface area contributed by atoms with E-state index in [1.165, 1.54) is 0 Å². The van der Waals surface area contributed by atoms with Crippen LogP contribution in [0.3, 0.4) is 0 Å². The maximum absolute atomic E-state index is 11.8. The molecule has 0 saturated heterocycles. The summed E-state index contributed by atoms with van der Waals surface area (Å²) >= 11 is 11.8. The quantitative estimate of drug-likeness (QED) is 0.326. The van der Waals surface area contributed by atoms with Gasteiger partial charge in [0.1, 0.15) is 5.75 Å². The van der Waals surface area contributed by atoms with E-state index < -0.39 is 0 Å². The number of carbonyl (C=O) groups is 1. The molecule has 7 heteroatoms. The third-order valence-corrected chi connectivity index (χ3v) is 3.88. The maximum Gasteiger partial charge on any atom is 0.240 e. The van der Waals surface area contributed by atoms with E-state index in [0.29, 0.717) is 46.6 Å². The van der Waals surface area contributed by atoms with Crippen LogP contribution in [0.5, 0.6) is 5.75 Å². The number of rotatable bonds is 7. The highest BCUT2D eigenvalue weighted by Gasteiger charge is 2.05. The number of nitrogen functional groups attached to an aromatic ring is 1. The van der Waals surface area contributed by atoms with Gasteiger partial charge in [-0.3, -0.25) is 4.79 Å². The van der Waals surface area contributed by atoms with Gasteiger partial charge in [0.05, 0.1) is 17.3 Å². The Morgan fingerprint density at radius 1 is 1.24 bits per heavy atom. The lowest BCUT2D eigenvalue weighted by molar-refractivity contribution is -0.121. The second-order valence-corrected chi connectivity index (χ2v) is 6.23. The molecule has 0 bridgehead atoms. The van der Waals surface area contributed by atoms with Crippen molar-refractivity contribution < 1.29 is 9.53 Å². The molecule has 0 spiro atoms. The lowest BCUT2D eigenvalue weighted by atomic mass is 10.1. The zero-order chi connectivity index (χ0) is 18.2. The number of halogens is 2. The van der Waals surface area contributed by atoms with Crippen molar-refractivity contribution in [2.75, 3.05) is 12.3 Å². The number of anilines is 1. The molecule has 2 rings (SSSR count). The van der Waals surface area contributed by atoms with E-state index in [9.17, 15) is 4.79 Å². The van der Waals surface area contributed by atoms with Crippen LogP contribution in [0.25, 0.3) is 0 Å². The number of hydrogen-bond donors (Lipinski definition) is 2. The first-order valence-corrected chi connectivity index (χ1v) is 8.48. The fourth-order valence-electron chi connectivity index (χ4n) is 2.04. The molecule has 3 N–H and O–H groups in total. The second kappa shape index (κ2) is 9.30. The molecule has 0 aliphatic heterocycles. The first kappa shape index (κ1) is 19.1. The van der Waals surface area contributed by atoms with E-state index >= 15 is 0 Å². The van der Waals surface area contributed by atoms with Gasteiger partial charge in [0, 0.05) is 17.1 Å². The standard InChI is InChI=1S/C18H19Cl2N3O2/c1-12(13-4-2-5-15(21)10-13)22-23-18(24)6-3-9-25-17-8-7-14(19)11-16(17)20/h2,4-5,7-8,10-11H,3,6,9,21H2,1H3,(H,23,24)/b22-12+. The fraction of sp³-hybridized carbons (Fsp3) is 0.222. The van der Waals surface area contributed by atoms with Crippen molar-refractivity contribution in [3.8, 4) is 5.75 Å². The molecule has 0 saturated carbocycles. The Labute approximate surface area is 156 Å². The lowest BCUT2D eigenvalue weighted by Crippen LogP contribution is -2.19. The Hall–Kier alpha value is -2.24. The Balaban J connectivity index is 1.74. The number of carbonyl (C=O) groups excluding carboxylic acids is 1. The lowest BCUT2D eigenvalue weighted by Gasteiger charge is -2.08. The maximum atomic E-state index is 11.8. The predicted molar refractivity (Wildman–Crippen MR) is 102 cm³/mol. The molecular formula is C18H19Cl2N3O2. The molecule has 0 heterocycles. The first-order valence-electron chi connectivity index (χ1n) is 7.72. The predicted octanol–water partition coefficient (Wildman–Crippen LogP) is 4.28. The highest BCUT2D eigenvalue weighted by molar-refractivity contribution is 6.35. The summed E-state index contributed by atoms with van der Waals surface area (Å²) in [6, 6.07) is 12.3. The van der Waals surface area contributed by atoms with Crippen LogP contribution in [-0.4, -0.2) is 18.2 Å². The smallest absolute Gasteiger partial charge is 0.240 e. The summed E-state index contributed by atoms with van der Waals surface area (Å²) in [7, 11) is 0. The molecule has 0 aromatic heterocycles. The van der Waals surface area contributed by atoms with Crippen molar-refractivity contribution in [3.05, 3.63) is 58.1 Å². The molecule has 132 valence electrons. The van der Waals surface area contributed by atoms with E-state index in [-0.39, 0.29) is 5.91 Å². The van der Waals surface area contributed by atoms with Crippen LogP contribution in [0.1, 0.15) is 25.3 Å². The van der Waals surface area contributed by atoms with Crippen molar-refractivity contribution in [1.82, 2.24) is 5.43 Å². The summed E-state index contributed by atoms with van der Waals surface area (Å²) in [5.41, 5.74) is 10.5. The molecule has 1 amide bonds. The van der Waals surface area contributed by atoms with Crippen LogP contribution in [0.2, 0.25) is 10.0 Å². The highest BCUT2D eigenvalue weighted by Crippen LogP contribution is 2.27. The van der Waals surface area contributed by atoms with Crippen molar-refractivity contribution in [2.45, 2.75) is 19.8 Å². The number of nitrogens with one attached hydrogen (secondary N) is 1. The first-order chi connectivity index (χ1) is 12.0. The van der Waals surface area contributed by atoms with Crippen LogP contribution in [-0.2, 0) is 4.79 Å². The van der Waals surface area contributed by atoms with Gasteiger partial charge in [-0.25, -0.2) is 5.43 Å². The van der Waals surface area contributed by atoms with Gasteiger partial charge in [-0.15, -0.1) is 0 Å². The van der Waals surface area contributed by atoms with Crippen molar-refractivity contribution >= 4 is 40.5 Å². The minimum atomic E-state index is -0.186. The van der Waals surface area contributed by atoms with E-state index in [1.54, 1.807) is 37.3 Å². The normalized spacial score (nSPS) is 11.2. The summed E-state index contributed by atoms with van der Waals surface area (Å²) in [6.45, 7) is 2.17. The zero-order valence-electron chi connectivity index (χ0n) is 13.8. The third kappa shape index (κ3) is 6.29. The summed E-state index contributed by atoms with van der Waals surface area (Å²) in [6.07, 6.45) is 0.830. The van der Waals surface area contributed by atoms with E-state index in [1.807, 2.05) is 12.1 Å². The summed E-state index contributed by atoms with van der Waals surface area (Å²) in [5.74, 6) is 0.357. The second-order valence-electron chi connectivity index (χ2n) is 5.38. The average Bonchev–Trinajstić information content (AvgIpc) is 2.58. The van der Waals surface area contributed by atoms with Crippen LogP contribution in [0.4, 0.5) is 5.69 Å². The molecule has 0 unspecified atom stereocenters. The zero-order valence-corrected chi connectivity index (χ0v) is 15.3. The molecule has 25 heavy (non-hydrogen) atoms. The fourth-order valence-corrected chi connectivity index (χ4v) is 2.50. The number of ether oxygens (including phenoxy) is 1. The number of amides is 1. The Morgan fingerprint density at radius 2 is 2.04 bits per heavy atom. The van der Waals surface area contributed by atoms with Crippen molar-refractivity contribution in [1.29, 1.82) is 0 Å². The van der Waals surface area contributed by atoms with Gasteiger partial charge in [-0.1, -0.05) is 35.3 Å². The van der Waals surface area contributed by atoms with Gasteiger partial charge in [-0.2, -0.15) is 5.10 Å². The van der Waals surface area contributed by atoms with Gasteiger partial charge in [0.15, 0.2) is 0 Å². The van der Waals surface area contributed by atoms with Gasteiger partial charge in [-0.05, 0) is 49.2 Å². The Kier molecular flexibility index (Phi) is 7.10. The summed E-state index contributed by atoms with van der Waals surface area (Å²) < 4.78 is 5.53. The largest absolute Gasteiger partial charge is 0.492 e. The van der Waals surface area contributed by atoms with Gasteiger partial charge >= 0.3 is 0 Å². The molecule has 0 fully saturated rings. The van der Waals surface area contributed by atoms with Crippen molar-refractivity contribution in [3.63, 3.8) is 0 Å². The van der Waals surface area contributed by atoms with Crippen LogP contribution in [0.15, 0.2) is 47.6 Å². The molecule has 5 nitrogen and oxygen atoms in total. The van der Waals surface area contributed by atoms with E-state index in [4.69, 9.17) is 33.7 Å². The molecular weight excluding hydrogens is 361 g/mol. The van der Waals surface area contributed by atoms with E-state index in [2.05, 4.69) is 10.5 Å². The molecule has 0 atom stereocenters. The number of nitrogens with zero attached hydrogens (tertiary/aromatic N) is 1. The van der Waals surface area contributed by atoms with Crippen molar-refractivity contribution in [2.24, 2.45) is 5.10 Å². The number of hydrogen-bond acceptors (Lipinski definition) is 4. The molecule has 0 radical (unpaired) electrons. The Bertz CT molecular complexity index is 779. The topological polar surface area (TPSA) is 76.7 Å². The summed E-state index contributed by atoms with van der Waals surface area (Å²) in [5, 5.41) is 5.07. The number of benzene rings is 2. The molecule has 0 aliphatic carbocycles. The molecule has 0 aliphatic rings. The SMILES string of the molecule is C/C(=N\NC(=O)CCCOc1ccc(Cl)cc1Cl)c1cccc(N)c1. The molecule has 2 aromatic rings. The van der Waals surface area contributed by atoms with Gasteiger partial charge in [0.2, 0.25) is 5.91 Å².